The van der Waals surface area contributed by atoms with Crippen molar-refractivity contribution in [1.82, 2.24) is 14.8 Å². The molecular formula is C18H12ClN3. The van der Waals surface area contributed by atoms with Gasteiger partial charge in [0, 0.05) is 16.6 Å². The minimum atomic E-state index is 0.708. The van der Waals surface area contributed by atoms with Crippen molar-refractivity contribution < 1.29 is 0 Å². The summed E-state index contributed by atoms with van der Waals surface area (Å²) in [5, 5.41) is 6.51. The molecule has 2 heterocycles. The summed E-state index contributed by atoms with van der Waals surface area (Å²) >= 11 is 5.99. The zero-order valence-corrected chi connectivity index (χ0v) is 12.4. The van der Waals surface area contributed by atoms with Gasteiger partial charge in [-0.3, -0.25) is 4.98 Å². The van der Waals surface area contributed by atoms with Crippen LogP contribution in [0, 0.1) is 0 Å². The van der Waals surface area contributed by atoms with E-state index in [1.807, 2.05) is 65.3 Å². The van der Waals surface area contributed by atoms with Gasteiger partial charge in [-0.1, -0.05) is 35.9 Å². The predicted molar refractivity (Wildman–Crippen MR) is 89.3 cm³/mol. The number of hydrogen-bond donors (Lipinski definition) is 0. The summed E-state index contributed by atoms with van der Waals surface area (Å²) in [5.41, 5.74) is 3.78. The third kappa shape index (κ3) is 2.16. The van der Waals surface area contributed by atoms with Crippen molar-refractivity contribution in [3.63, 3.8) is 0 Å². The number of halogens is 1. The quantitative estimate of drug-likeness (QED) is 0.535. The van der Waals surface area contributed by atoms with E-state index in [2.05, 4.69) is 11.1 Å². The van der Waals surface area contributed by atoms with Gasteiger partial charge in [0.1, 0.15) is 5.69 Å². The topological polar surface area (TPSA) is 30.7 Å². The molecule has 3 nitrogen and oxygen atoms in total. The lowest BCUT2D eigenvalue weighted by Gasteiger charge is -2.07. The van der Waals surface area contributed by atoms with Crippen LogP contribution in [0.4, 0.5) is 0 Å². The molecule has 2 aromatic carbocycles. The van der Waals surface area contributed by atoms with Gasteiger partial charge in [0.2, 0.25) is 0 Å². The molecule has 22 heavy (non-hydrogen) atoms. The maximum Gasteiger partial charge on any atom is 0.100 e. The van der Waals surface area contributed by atoms with E-state index in [1.54, 1.807) is 6.20 Å². The van der Waals surface area contributed by atoms with Crippen LogP contribution < -0.4 is 0 Å². The fourth-order valence-electron chi connectivity index (χ4n) is 2.55. The van der Waals surface area contributed by atoms with Crippen LogP contribution in [-0.4, -0.2) is 14.8 Å². The van der Waals surface area contributed by atoms with Crippen molar-refractivity contribution in [2.24, 2.45) is 0 Å². The van der Waals surface area contributed by atoms with E-state index < -0.39 is 0 Å². The van der Waals surface area contributed by atoms with Gasteiger partial charge in [-0.05, 0) is 42.5 Å². The summed E-state index contributed by atoms with van der Waals surface area (Å²) in [6, 6.07) is 21.6. The van der Waals surface area contributed by atoms with Crippen LogP contribution in [0.15, 0.2) is 72.9 Å². The maximum absolute atomic E-state index is 5.99. The van der Waals surface area contributed by atoms with Crippen molar-refractivity contribution >= 4 is 22.5 Å². The van der Waals surface area contributed by atoms with Gasteiger partial charge in [0.05, 0.1) is 16.9 Å². The Bertz CT molecular complexity index is 928. The molecule has 106 valence electrons. The number of hydrogen-bond acceptors (Lipinski definition) is 2. The van der Waals surface area contributed by atoms with Crippen LogP contribution in [-0.2, 0) is 0 Å². The summed E-state index contributed by atoms with van der Waals surface area (Å²) in [6.45, 7) is 0. The molecule has 2 aromatic heterocycles. The summed E-state index contributed by atoms with van der Waals surface area (Å²) < 4.78 is 1.92. The third-order valence-electron chi connectivity index (χ3n) is 3.56. The largest absolute Gasteiger partial charge is 0.255 e. The van der Waals surface area contributed by atoms with Gasteiger partial charge in [-0.15, -0.1) is 0 Å². The minimum Gasteiger partial charge on any atom is -0.255 e. The molecule has 0 bridgehead atoms. The minimum absolute atomic E-state index is 0.708. The SMILES string of the molecule is Clc1ccc(-n2nc3ccccc3c2-c2ccccn2)cc1. The van der Waals surface area contributed by atoms with Gasteiger partial charge < -0.3 is 0 Å². The second-order valence-corrected chi connectivity index (χ2v) is 5.41. The first-order valence-electron chi connectivity index (χ1n) is 6.98. The van der Waals surface area contributed by atoms with Gasteiger partial charge in [-0.2, -0.15) is 5.10 Å². The van der Waals surface area contributed by atoms with Crippen LogP contribution in [0.2, 0.25) is 5.02 Å². The molecule has 0 unspecified atom stereocenters. The average Bonchev–Trinajstić information content (AvgIpc) is 2.96. The van der Waals surface area contributed by atoms with E-state index in [9.17, 15) is 0 Å². The molecule has 0 saturated heterocycles. The molecule has 0 aliphatic carbocycles. The van der Waals surface area contributed by atoms with E-state index in [4.69, 9.17) is 16.7 Å². The molecule has 0 saturated carbocycles. The highest BCUT2D eigenvalue weighted by molar-refractivity contribution is 6.30. The Hall–Kier alpha value is -2.65. The predicted octanol–water partition coefficient (Wildman–Crippen LogP) is 4.74. The van der Waals surface area contributed by atoms with Crippen molar-refractivity contribution in [2.45, 2.75) is 0 Å². The molecular weight excluding hydrogens is 294 g/mol. The van der Waals surface area contributed by atoms with Crippen LogP contribution in [0.1, 0.15) is 0 Å². The number of benzene rings is 2. The number of aromatic nitrogens is 3. The zero-order valence-electron chi connectivity index (χ0n) is 11.6. The van der Waals surface area contributed by atoms with Crippen molar-refractivity contribution in [1.29, 1.82) is 0 Å². The summed E-state index contributed by atoms with van der Waals surface area (Å²) in [7, 11) is 0. The lowest BCUT2D eigenvalue weighted by molar-refractivity contribution is 0.900. The molecule has 4 heteroatoms. The molecule has 4 aromatic rings. The second-order valence-electron chi connectivity index (χ2n) is 4.97. The van der Waals surface area contributed by atoms with E-state index in [0.717, 1.165) is 28.0 Å². The fourth-order valence-corrected chi connectivity index (χ4v) is 2.68. The van der Waals surface area contributed by atoms with Gasteiger partial charge in [0.15, 0.2) is 0 Å². The van der Waals surface area contributed by atoms with E-state index in [0.29, 0.717) is 5.02 Å². The summed E-state index contributed by atoms with van der Waals surface area (Å²) in [4.78, 5) is 4.49. The Morgan fingerprint density at radius 3 is 2.36 bits per heavy atom. The monoisotopic (exact) mass is 305 g/mol. The highest BCUT2D eigenvalue weighted by Crippen LogP contribution is 2.30. The Labute approximate surface area is 132 Å². The molecule has 0 aliphatic heterocycles. The Balaban J connectivity index is 2.04. The Kier molecular flexibility index (Phi) is 3.13. The van der Waals surface area contributed by atoms with Crippen LogP contribution in [0.3, 0.4) is 0 Å². The van der Waals surface area contributed by atoms with Crippen molar-refractivity contribution in [3.8, 4) is 17.1 Å². The summed E-state index contributed by atoms with van der Waals surface area (Å²) in [6.07, 6.45) is 1.79. The highest BCUT2D eigenvalue weighted by atomic mass is 35.5. The summed E-state index contributed by atoms with van der Waals surface area (Å²) in [5.74, 6) is 0. The molecule has 0 atom stereocenters. The number of fused-ring (bicyclic) bond motifs is 1. The third-order valence-corrected chi connectivity index (χ3v) is 3.81. The fraction of sp³-hybridized carbons (Fsp3) is 0. The second kappa shape index (κ2) is 5.28. The Morgan fingerprint density at radius 2 is 1.59 bits per heavy atom. The Morgan fingerprint density at radius 1 is 0.818 bits per heavy atom. The van der Waals surface area contributed by atoms with Gasteiger partial charge in [-0.25, -0.2) is 4.68 Å². The first kappa shape index (κ1) is 13.0. The molecule has 0 fully saturated rings. The van der Waals surface area contributed by atoms with E-state index in [1.165, 1.54) is 0 Å². The normalized spacial score (nSPS) is 11.0. The molecule has 0 N–H and O–H groups in total. The van der Waals surface area contributed by atoms with E-state index in [-0.39, 0.29) is 0 Å². The van der Waals surface area contributed by atoms with Crippen molar-refractivity contribution in [3.05, 3.63) is 77.9 Å². The molecule has 0 aliphatic rings. The smallest absolute Gasteiger partial charge is 0.100 e. The van der Waals surface area contributed by atoms with Crippen LogP contribution in [0.25, 0.3) is 28.0 Å². The standard InChI is InChI=1S/C18H12ClN3/c19-13-8-10-14(11-9-13)22-18(17-7-3-4-12-20-17)15-5-1-2-6-16(15)21-22/h1-12H. The van der Waals surface area contributed by atoms with Crippen molar-refractivity contribution in [2.75, 3.05) is 0 Å². The van der Waals surface area contributed by atoms with Crippen LogP contribution in [0.5, 0.6) is 0 Å². The van der Waals surface area contributed by atoms with Gasteiger partial charge in [0.25, 0.3) is 0 Å². The number of rotatable bonds is 2. The van der Waals surface area contributed by atoms with Gasteiger partial charge >= 0.3 is 0 Å². The average molecular weight is 306 g/mol. The molecule has 4 rings (SSSR count). The molecule has 0 radical (unpaired) electrons. The molecule has 0 spiro atoms. The lowest BCUT2D eigenvalue weighted by atomic mass is 10.1. The van der Waals surface area contributed by atoms with E-state index >= 15 is 0 Å². The first-order chi connectivity index (χ1) is 10.8. The highest BCUT2D eigenvalue weighted by Gasteiger charge is 2.14. The molecule has 0 amide bonds. The van der Waals surface area contributed by atoms with Crippen LogP contribution >= 0.6 is 11.6 Å². The number of pyridine rings is 1. The maximum atomic E-state index is 5.99. The first-order valence-corrected chi connectivity index (χ1v) is 7.36. The lowest BCUT2D eigenvalue weighted by Crippen LogP contribution is -1.99. The zero-order chi connectivity index (χ0) is 14.9. The number of nitrogens with zero attached hydrogens (tertiary/aromatic N) is 3.